The van der Waals surface area contributed by atoms with E-state index in [1.165, 1.54) is 0 Å². The summed E-state index contributed by atoms with van der Waals surface area (Å²) in [5.41, 5.74) is 2.77. The van der Waals surface area contributed by atoms with Gasteiger partial charge in [0.15, 0.2) is 0 Å². The van der Waals surface area contributed by atoms with E-state index in [4.69, 9.17) is 4.63 Å². The average Bonchev–Trinajstić information content (AvgIpc) is 2.86. The number of nitrogens with zero attached hydrogens (tertiary/aromatic N) is 4. The summed E-state index contributed by atoms with van der Waals surface area (Å²) in [6.07, 6.45) is 6.99. The molecule has 5 nitrogen and oxygen atoms in total. The van der Waals surface area contributed by atoms with Gasteiger partial charge in [0.05, 0.1) is 5.69 Å². The predicted octanol–water partition coefficient (Wildman–Crippen LogP) is 3.07. The quantitative estimate of drug-likeness (QED) is 0.857. The number of aryl methyl sites for hydroxylation is 1. The van der Waals surface area contributed by atoms with Crippen molar-refractivity contribution >= 4 is 0 Å². The van der Waals surface area contributed by atoms with E-state index >= 15 is 0 Å². The van der Waals surface area contributed by atoms with Crippen molar-refractivity contribution in [2.24, 2.45) is 0 Å². The average molecular weight is 274 g/mol. The van der Waals surface area contributed by atoms with Crippen molar-refractivity contribution in [2.75, 3.05) is 0 Å². The highest BCUT2D eigenvalue weighted by atomic mass is 16.6. The maximum atomic E-state index is 4.92. The molecule has 2 rings (SSSR count). The van der Waals surface area contributed by atoms with Crippen molar-refractivity contribution in [1.82, 2.24) is 20.3 Å². The first kappa shape index (κ1) is 14.6. The molecule has 0 saturated carbocycles. The molecule has 0 unspecified atom stereocenters. The summed E-state index contributed by atoms with van der Waals surface area (Å²) in [7, 11) is 0. The Kier molecular flexibility index (Phi) is 3.88. The van der Waals surface area contributed by atoms with Crippen molar-refractivity contribution < 1.29 is 4.63 Å². The van der Waals surface area contributed by atoms with Crippen LogP contribution in [0.3, 0.4) is 0 Å². The molecule has 0 aromatic carbocycles. The Bertz CT molecular complexity index is 555. The largest absolute Gasteiger partial charge is 0.261 e. The van der Waals surface area contributed by atoms with Gasteiger partial charge >= 0.3 is 0 Å². The maximum absolute atomic E-state index is 4.92. The molecule has 2 heterocycles. The molecule has 0 bridgehead atoms. The summed E-state index contributed by atoms with van der Waals surface area (Å²) in [6.45, 7) is 10.7. The SMILES string of the molecule is CC(C)(C)c1nonc1CCC(C)(C)c1cnccn1. The summed E-state index contributed by atoms with van der Waals surface area (Å²) in [5.74, 6) is 0. The fourth-order valence-electron chi connectivity index (χ4n) is 2.15. The van der Waals surface area contributed by atoms with Gasteiger partial charge in [-0.2, -0.15) is 0 Å². The Labute approximate surface area is 119 Å². The third-order valence-electron chi connectivity index (χ3n) is 3.51. The summed E-state index contributed by atoms with van der Waals surface area (Å²) >= 11 is 0. The molecule has 2 aromatic heterocycles. The molecule has 0 spiro atoms. The van der Waals surface area contributed by atoms with Gasteiger partial charge in [-0.25, -0.2) is 4.63 Å². The van der Waals surface area contributed by atoms with Crippen LogP contribution >= 0.6 is 0 Å². The summed E-state index contributed by atoms with van der Waals surface area (Å²) in [4.78, 5) is 8.54. The number of aromatic nitrogens is 4. The van der Waals surface area contributed by atoms with Gasteiger partial charge < -0.3 is 0 Å². The molecule has 0 radical (unpaired) electrons. The lowest BCUT2D eigenvalue weighted by Gasteiger charge is -2.23. The van der Waals surface area contributed by atoms with E-state index in [1.807, 2.05) is 6.20 Å². The Morgan fingerprint density at radius 3 is 2.40 bits per heavy atom. The first-order valence-electron chi connectivity index (χ1n) is 6.89. The van der Waals surface area contributed by atoms with Crippen LogP contribution in [0, 0.1) is 0 Å². The van der Waals surface area contributed by atoms with Crippen LogP contribution in [0.15, 0.2) is 23.2 Å². The molecule has 2 aromatic rings. The van der Waals surface area contributed by atoms with E-state index in [0.717, 1.165) is 29.9 Å². The second-order valence-electron chi connectivity index (χ2n) is 6.78. The van der Waals surface area contributed by atoms with E-state index in [-0.39, 0.29) is 10.8 Å². The van der Waals surface area contributed by atoms with Crippen molar-refractivity contribution in [2.45, 2.75) is 58.3 Å². The third-order valence-corrected chi connectivity index (χ3v) is 3.51. The zero-order chi connectivity index (χ0) is 14.8. The molecule has 0 amide bonds. The van der Waals surface area contributed by atoms with E-state index in [2.05, 4.69) is 54.9 Å². The lowest BCUT2D eigenvalue weighted by Crippen LogP contribution is -2.21. The maximum Gasteiger partial charge on any atom is 0.113 e. The zero-order valence-corrected chi connectivity index (χ0v) is 12.8. The van der Waals surface area contributed by atoms with Gasteiger partial charge in [0.2, 0.25) is 0 Å². The minimum absolute atomic E-state index is 0.0496. The first-order chi connectivity index (χ1) is 9.31. The van der Waals surface area contributed by atoms with Gasteiger partial charge in [-0.1, -0.05) is 44.9 Å². The molecule has 0 fully saturated rings. The lowest BCUT2D eigenvalue weighted by molar-refractivity contribution is 0.293. The monoisotopic (exact) mass is 274 g/mol. The van der Waals surface area contributed by atoms with Gasteiger partial charge in [-0.05, 0) is 12.8 Å². The molecular weight excluding hydrogens is 252 g/mol. The third kappa shape index (κ3) is 3.21. The molecule has 0 N–H and O–H groups in total. The minimum atomic E-state index is -0.0532. The molecule has 0 saturated heterocycles. The summed E-state index contributed by atoms with van der Waals surface area (Å²) in [5, 5.41) is 8.10. The van der Waals surface area contributed by atoms with Crippen LogP contribution in [-0.4, -0.2) is 20.3 Å². The molecular formula is C15H22N4O. The topological polar surface area (TPSA) is 64.7 Å². The first-order valence-corrected chi connectivity index (χ1v) is 6.89. The van der Waals surface area contributed by atoms with E-state index in [1.54, 1.807) is 12.4 Å². The van der Waals surface area contributed by atoms with E-state index in [0.29, 0.717) is 0 Å². The molecule has 20 heavy (non-hydrogen) atoms. The van der Waals surface area contributed by atoms with Gasteiger partial charge in [0.25, 0.3) is 0 Å². The highest BCUT2D eigenvalue weighted by Gasteiger charge is 2.27. The van der Waals surface area contributed by atoms with Crippen molar-refractivity contribution in [1.29, 1.82) is 0 Å². The smallest absolute Gasteiger partial charge is 0.113 e. The second kappa shape index (κ2) is 5.31. The molecule has 108 valence electrons. The van der Waals surface area contributed by atoms with Crippen LogP contribution < -0.4 is 0 Å². The van der Waals surface area contributed by atoms with Crippen LogP contribution in [0.25, 0.3) is 0 Å². The van der Waals surface area contributed by atoms with Crippen molar-refractivity contribution in [3.8, 4) is 0 Å². The minimum Gasteiger partial charge on any atom is -0.261 e. The highest BCUT2D eigenvalue weighted by molar-refractivity contribution is 5.18. The Balaban J connectivity index is 2.11. The van der Waals surface area contributed by atoms with Crippen molar-refractivity contribution in [3.63, 3.8) is 0 Å². The Hall–Kier alpha value is -1.78. The second-order valence-corrected chi connectivity index (χ2v) is 6.78. The molecule has 5 heteroatoms. The lowest BCUT2D eigenvalue weighted by atomic mass is 9.82. The number of rotatable bonds is 4. The number of hydrogen-bond donors (Lipinski definition) is 0. The van der Waals surface area contributed by atoms with Crippen LogP contribution in [0.4, 0.5) is 0 Å². The predicted molar refractivity (Wildman–Crippen MR) is 76.4 cm³/mol. The van der Waals surface area contributed by atoms with Crippen LogP contribution in [0.1, 0.15) is 58.1 Å². The van der Waals surface area contributed by atoms with Gasteiger partial charge in [0, 0.05) is 29.4 Å². The number of hydrogen-bond acceptors (Lipinski definition) is 5. The summed E-state index contributed by atoms with van der Waals surface area (Å²) in [6, 6.07) is 0. The van der Waals surface area contributed by atoms with Gasteiger partial charge in [-0.3, -0.25) is 9.97 Å². The summed E-state index contributed by atoms with van der Waals surface area (Å²) < 4.78 is 4.92. The van der Waals surface area contributed by atoms with Crippen LogP contribution in [0.2, 0.25) is 0 Å². The van der Waals surface area contributed by atoms with E-state index in [9.17, 15) is 0 Å². The Morgan fingerprint density at radius 2 is 1.80 bits per heavy atom. The van der Waals surface area contributed by atoms with Gasteiger partial charge in [0.1, 0.15) is 11.4 Å². The zero-order valence-electron chi connectivity index (χ0n) is 12.8. The molecule has 0 aliphatic heterocycles. The van der Waals surface area contributed by atoms with Crippen molar-refractivity contribution in [3.05, 3.63) is 35.7 Å². The fraction of sp³-hybridized carbons (Fsp3) is 0.600. The molecule has 0 atom stereocenters. The van der Waals surface area contributed by atoms with Crippen LogP contribution in [-0.2, 0) is 17.3 Å². The van der Waals surface area contributed by atoms with Gasteiger partial charge in [-0.15, -0.1) is 0 Å². The highest BCUT2D eigenvalue weighted by Crippen LogP contribution is 2.29. The van der Waals surface area contributed by atoms with Crippen LogP contribution in [0.5, 0.6) is 0 Å². The Morgan fingerprint density at radius 1 is 1.05 bits per heavy atom. The standard InChI is InChI=1S/C15H22N4O/c1-14(2,3)13-11(18-20-19-13)6-7-15(4,5)12-10-16-8-9-17-12/h8-10H,6-7H2,1-5H3. The molecule has 0 aliphatic carbocycles. The fourth-order valence-corrected chi connectivity index (χ4v) is 2.15. The van der Waals surface area contributed by atoms with E-state index < -0.39 is 0 Å². The normalized spacial score (nSPS) is 12.7. The molecule has 0 aliphatic rings.